The molecule has 0 aliphatic heterocycles. The molecule has 0 spiro atoms. The number of aryl methyl sites for hydroxylation is 1. The zero-order chi connectivity index (χ0) is 11.9. The van der Waals surface area contributed by atoms with Gasteiger partial charge in [-0.15, -0.1) is 0 Å². The van der Waals surface area contributed by atoms with E-state index in [2.05, 4.69) is 20.9 Å². The van der Waals surface area contributed by atoms with Crippen molar-refractivity contribution in [2.24, 2.45) is 0 Å². The van der Waals surface area contributed by atoms with Gasteiger partial charge in [0, 0.05) is 5.39 Å². The highest BCUT2D eigenvalue weighted by atomic mass is 79.9. The van der Waals surface area contributed by atoms with E-state index in [0.717, 1.165) is 11.6 Å². The van der Waals surface area contributed by atoms with Gasteiger partial charge in [-0.05, 0) is 40.5 Å². The molecule has 0 bridgehead atoms. The Morgan fingerprint density at radius 2 is 1.94 bits per heavy atom. The molecule has 2 aromatic rings. The molecule has 0 aliphatic rings. The first-order valence-corrected chi connectivity index (χ1v) is 5.32. The molecule has 0 unspecified atom stereocenters. The van der Waals surface area contributed by atoms with Crippen molar-refractivity contribution in [1.82, 2.24) is 4.98 Å². The number of pyridine rings is 1. The summed E-state index contributed by atoms with van der Waals surface area (Å²) in [6, 6.07) is 5.73. The molecule has 0 saturated carbocycles. The van der Waals surface area contributed by atoms with E-state index in [1.807, 2.05) is 0 Å². The van der Waals surface area contributed by atoms with Crippen LogP contribution in [0.4, 0.5) is 13.2 Å². The molecule has 16 heavy (non-hydrogen) atoms. The number of nitrogens with zero attached hydrogens (tertiary/aromatic N) is 1. The predicted molar refractivity (Wildman–Crippen MR) is 59.2 cm³/mol. The van der Waals surface area contributed by atoms with E-state index in [0.29, 0.717) is 9.99 Å². The van der Waals surface area contributed by atoms with Gasteiger partial charge in [0.25, 0.3) is 0 Å². The zero-order valence-corrected chi connectivity index (χ0v) is 9.85. The van der Waals surface area contributed by atoms with Crippen LogP contribution in [0.3, 0.4) is 0 Å². The summed E-state index contributed by atoms with van der Waals surface area (Å²) < 4.78 is 38.5. The van der Waals surface area contributed by atoms with Crippen molar-refractivity contribution in [3.63, 3.8) is 0 Å². The van der Waals surface area contributed by atoms with E-state index in [1.54, 1.807) is 19.1 Å². The van der Waals surface area contributed by atoms with Gasteiger partial charge in [0.1, 0.15) is 4.60 Å². The molecule has 1 heterocycles. The summed E-state index contributed by atoms with van der Waals surface area (Å²) in [6.07, 6.45) is -4.37. The minimum absolute atomic E-state index is 0.0209. The molecule has 84 valence electrons. The van der Waals surface area contributed by atoms with Crippen LogP contribution in [0.1, 0.15) is 11.1 Å². The van der Waals surface area contributed by atoms with Gasteiger partial charge in [0.2, 0.25) is 0 Å². The van der Waals surface area contributed by atoms with Crippen LogP contribution in [0.2, 0.25) is 0 Å². The highest BCUT2D eigenvalue weighted by molar-refractivity contribution is 9.10. The van der Waals surface area contributed by atoms with Gasteiger partial charge < -0.3 is 0 Å². The first-order valence-electron chi connectivity index (χ1n) is 4.52. The number of alkyl halides is 3. The van der Waals surface area contributed by atoms with Crippen LogP contribution < -0.4 is 0 Å². The Balaban J connectivity index is 2.82. The fourth-order valence-corrected chi connectivity index (χ4v) is 1.80. The van der Waals surface area contributed by atoms with Crippen LogP contribution in [0, 0.1) is 6.92 Å². The smallest absolute Gasteiger partial charge is 0.240 e. The van der Waals surface area contributed by atoms with Gasteiger partial charge in [-0.2, -0.15) is 13.2 Å². The fourth-order valence-electron chi connectivity index (χ4n) is 1.51. The average molecular weight is 290 g/mol. The molecular formula is C11H7BrF3N. The van der Waals surface area contributed by atoms with E-state index in [-0.39, 0.29) is 5.52 Å². The molecule has 0 N–H and O–H groups in total. The number of hydrogen-bond acceptors (Lipinski definition) is 1. The van der Waals surface area contributed by atoms with Gasteiger partial charge in [0.05, 0.1) is 11.1 Å². The molecule has 0 atom stereocenters. The lowest BCUT2D eigenvalue weighted by Gasteiger charge is -2.10. The van der Waals surface area contributed by atoms with Crippen molar-refractivity contribution < 1.29 is 13.2 Å². The number of benzene rings is 1. The number of fused-ring (bicyclic) bond motifs is 1. The number of rotatable bonds is 0. The Morgan fingerprint density at radius 3 is 2.56 bits per heavy atom. The monoisotopic (exact) mass is 289 g/mol. The lowest BCUT2D eigenvalue weighted by molar-refractivity contribution is -0.136. The Morgan fingerprint density at radius 1 is 1.25 bits per heavy atom. The molecule has 0 amide bonds. The Kier molecular flexibility index (Phi) is 2.66. The first kappa shape index (κ1) is 11.4. The van der Waals surface area contributed by atoms with E-state index in [1.165, 1.54) is 6.07 Å². The maximum absolute atomic E-state index is 12.7. The highest BCUT2D eigenvalue weighted by Crippen LogP contribution is 2.34. The summed E-state index contributed by atoms with van der Waals surface area (Å²) >= 11 is 3.14. The van der Waals surface area contributed by atoms with Gasteiger partial charge in [-0.25, -0.2) is 4.98 Å². The van der Waals surface area contributed by atoms with Crippen LogP contribution in [0.5, 0.6) is 0 Å². The largest absolute Gasteiger partial charge is 0.418 e. The van der Waals surface area contributed by atoms with Crippen molar-refractivity contribution in [2.75, 3.05) is 0 Å². The molecule has 1 aromatic heterocycles. The molecule has 1 nitrogen and oxygen atoms in total. The zero-order valence-electron chi connectivity index (χ0n) is 8.27. The summed E-state index contributed by atoms with van der Waals surface area (Å²) in [7, 11) is 0. The second-order valence-corrected chi connectivity index (χ2v) is 4.22. The van der Waals surface area contributed by atoms with Gasteiger partial charge in [0.15, 0.2) is 0 Å². The van der Waals surface area contributed by atoms with Crippen molar-refractivity contribution in [3.8, 4) is 0 Å². The van der Waals surface area contributed by atoms with E-state index >= 15 is 0 Å². The normalized spacial score (nSPS) is 12.1. The summed E-state index contributed by atoms with van der Waals surface area (Å²) in [5, 5.41) is 0.496. The van der Waals surface area contributed by atoms with E-state index in [4.69, 9.17) is 0 Å². The minimum Gasteiger partial charge on any atom is -0.240 e. The van der Waals surface area contributed by atoms with Gasteiger partial charge >= 0.3 is 6.18 Å². The molecule has 0 radical (unpaired) electrons. The van der Waals surface area contributed by atoms with Crippen LogP contribution in [0.15, 0.2) is 28.9 Å². The highest BCUT2D eigenvalue weighted by Gasteiger charge is 2.33. The second kappa shape index (κ2) is 3.73. The maximum atomic E-state index is 12.7. The third-order valence-electron chi connectivity index (χ3n) is 2.28. The van der Waals surface area contributed by atoms with Crippen LogP contribution >= 0.6 is 15.9 Å². The SMILES string of the molecule is Cc1cc2cccc(C(F)(F)F)c2nc1Br. The molecule has 5 heteroatoms. The third-order valence-corrected chi connectivity index (χ3v) is 3.08. The van der Waals surface area contributed by atoms with Crippen molar-refractivity contribution >= 4 is 26.8 Å². The molecule has 0 aliphatic carbocycles. The third kappa shape index (κ3) is 1.91. The predicted octanol–water partition coefficient (Wildman–Crippen LogP) is 4.32. The van der Waals surface area contributed by atoms with Crippen LogP contribution in [-0.4, -0.2) is 4.98 Å². The van der Waals surface area contributed by atoms with Crippen LogP contribution in [-0.2, 0) is 6.18 Å². The van der Waals surface area contributed by atoms with Gasteiger partial charge in [-0.1, -0.05) is 12.1 Å². The fraction of sp³-hybridized carbons (Fsp3) is 0.182. The summed E-state index contributed by atoms with van der Waals surface area (Å²) in [4.78, 5) is 3.94. The molecule has 0 fully saturated rings. The lowest BCUT2D eigenvalue weighted by atomic mass is 10.1. The number of hydrogen-bond donors (Lipinski definition) is 0. The number of halogens is 4. The lowest BCUT2D eigenvalue weighted by Crippen LogP contribution is -2.06. The Labute approximate surface area is 98.4 Å². The first-order chi connectivity index (χ1) is 7.39. The van der Waals surface area contributed by atoms with Crippen LogP contribution in [0.25, 0.3) is 10.9 Å². The summed E-state index contributed by atoms with van der Waals surface area (Å²) in [6.45, 7) is 1.79. The molecule has 1 aromatic carbocycles. The molecule has 2 rings (SSSR count). The van der Waals surface area contributed by atoms with Crippen molar-refractivity contribution in [3.05, 3.63) is 40.0 Å². The Hall–Kier alpha value is -1.10. The molecule has 0 saturated heterocycles. The number of para-hydroxylation sites is 1. The quantitative estimate of drug-likeness (QED) is 0.658. The topological polar surface area (TPSA) is 12.9 Å². The summed E-state index contributed by atoms with van der Waals surface area (Å²) in [5.74, 6) is 0. The second-order valence-electron chi connectivity index (χ2n) is 3.47. The molecular weight excluding hydrogens is 283 g/mol. The summed E-state index contributed by atoms with van der Waals surface area (Å²) in [5.41, 5.74) is 0.0880. The standard InChI is InChI=1S/C11H7BrF3N/c1-6-5-7-3-2-4-8(11(13,14)15)9(7)16-10(6)12/h2-5H,1H3. The van der Waals surface area contributed by atoms with Crippen molar-refractivity contribution in [1.29, 1.82) is 0 Å². The number of aromatic nitrogens is 1. The van der Waals surface area contributed by atoms with Gasteiger partial charge in [-0.3, -0.25) is 0 Å². The average Bonchev–Trinajstić information content (AvgIpc) is 2.17. The Bertz CT molecular complexity index is 549. The van der Waals surface area contributed by atoms with E-state index < -0.39 is 11.7 Å². The van der Waals surface area contributed by atoms with E-state index in [9.17, 15) is 13.2 Å². The minimum atomic E-state index is -4.37. The maximum Gasteiger partial charge on any atom is 0.418 e. The van der Waals surface area contributed by atoms with Crippen molar-refractivity contribution in [2.45, 2.75) is 13.1 Å².